The van der Waals surface area contributed by atoms with Crippen molar-refractivity contribution in [2.45, 2.75) is 72.8 Å². The molecule has 0 amide bonds. The monoisotopic (exact) mass is 302 g/mol. The lowest BCUT2D eigenvalue weighted by molar-refractivity contribution is -0.115. The number of rotatable bonds is 5. The maximum Gasteiger partial charge on any atom is 0.176 e. The van der Waals surface area contributed by atoms with Crippen LogP contribution in [0.4, 0.5) is 0 Å². The molecule has 0 N–H and O–H groups in total. The zero-order valence-electron chi connectivity index (χ0n) is 14.8. The van der Waals surface area contributed by atoms with Gasteiger partial charge in [-0.25, -0.2) is 0 Å². The van der Waals surface area contributed by atoms with Gasteiger partial charge in [-0.2, -0.15) is 5.26 Å². The lowest BCUT2D eigenvalue weighted by atomic mass is 9.84. The van der Waals surface area contributed by atoms with E-state index in [2.05, 4.69) is 45.2 Å². The van der Waals surface area contributed by atoms with Crippen LogP contribution in [0.2, 0.25) is 0 Å². The summed E-state index contributed by atoms with van der Waals surface area (Å²) < 4.78 is 0. The van der Waals surface area contributed by atoms with Crippen molar-refractivity contribution in [2.75, 3.05) is 0 Å². The smallest absolute Gasteiger partial charge is 0.176 e. The van der Waals surface area contributed by atoms with Gasteiger partial charge in [-0.05, 0) is 56.2 Å². The zero-order valence-corrected chi connectivity index (χ0v) is 14.8. The maximum absolute atomic E-state index is 12.2. The van der Waals surface area contributed by atoms with E-state index in [1.54, 1.807) is 13.1 Å². The minimum Gasteiger partial charge on any atom is -0.343 e. The van der Waals surface area contributed by atoms with Crippen LogP contribution in [0.25, 0.3) is 0 Å². The molecule has 0 atom stereocenters. The van der Waals surface area contributed by atoms with E-state index in [0.29, 0.717) is 0 Å². The number of nitriles is 1. The van der Waals surface area contributed by atoms with E-state index in [1.165, 1.54) is 0 Å². The first kappa shape index (κ1) is 18.5. The molecule has 1 aliphatic carbocycles. The Kier molecular flexibility index (Phi) is 6.41. The zero-order chi connectivity index (χ0) is 16.9. The van der Waals surface area contributed by atoms with Gasteiger partial charge < -0.3 is 4.90 Å². The van der Waals surface area contributed by atoms with E-state index in [0.717, 1.165) is 43.4 Å². The number of hydrogen-bond donors (Lipinski definition) is 0. The molecule has 22 heavy (non-hydrogen) atoms. The van der Waals surface area contributed by atoms with Crippen LogP contribution in [0.1, 0.15) is 66.7 Å². The normalized spacial score (nSPS) is 23.3. The molecule has 0 saturated heterocycles. The van der Waals surface area contributed by atoms with Crippen molar-refractivity contribution in [1.82, 2.24) is 4.90 Å². The van der Waals surface area contributed by atoms with Crippen LogP contribution in [0.15, 0.2) is 24.0 Å². The Morgan fingerprint density at radius 2 is 1.82 bits per heavy atom. The Bertz CT molecular complexity index is 483. The Morgan fingerprint density at radius 3 is 2.18 bits per heavy atom. The van der Waals surface area contributed by atoms with E-state index in [9.17, 15) is 4.79 Å². The summed E-state index contributed by atoms with van der Waals surface area (Å²) in [5.41, 5.74) is 2.07. The molecule has 1 rings (SSSR count). The summed E-state index contributed by atoms with van der Waals surface area (Å²) >= 11 is 0. The molecule has 0 radical (unpaired) electrons. The van der Waals surface area contributed by atoms with E-state index in [4.69, 9.17) is 5.26 Å². The van der Waals surface area contributed by atoms with Crippen LogP contribution in [-0.2, 0) is 4.79 Å². The first-order chi connectivity index (χ1) is 10.2. The minimum absolute atomic E-state index is 0.101. The highest BCUT2D eigenvalue weighted by Gasteiger charge is 2.28. The predicted molar refractivity (Wildman–Crippen MR) is 90.8 cm³/mol. The number of carbonyl (C=O) groups excluding carboxylic acids is 1. The standard InChI is InChI=1S/C19H30N2O/c1-7-21(17-10-8-16(13-20)9-11-17)18(15(3)22)14(2)12-19(4,5)6/h7,16-17H,1,8-12H2,2-6H3/b18-14+. The van der Waals surface area contributed by atoms with E-state index in [-0.39, 0.29) is 23.2 Å². The summed E-state index contributed by atoms with van der Waals surface area (Å²) in [4.78, 5) is 14.3. The van der Waals surface area contributed by atoms with Gasteiger partial charge in [0.25, 0.3) is 0 Å². The molecular formula is C19H30N2O. The molecule has 0 aromatic rings. The second kappa shape index (κ2) is 7.63. The Hall–Kier alpha value is -1.56. The Morgan fingerprint density at radius 1 is 1.27 bits per heavy atom. The van der Waals surface area contributed by atoms with Crippen LogP contribution in [-0.4, -0.2) is 16.7 Å². The lowest BCUT2D eigenvalue weighted by Crippen LogP contribution is -2.36. The van der Waals surface area contributed by atoms with Crippen molar-refractivity contribution in [3.8, 4) is 6.07 Å². The van der Waals surface area contributed by atoms with Gasteiger partial charge in [0.05, 0.1) is 11.8 Å². The molecule has 1 fully saturated rings. The van der Waals surface area contributed by atoms with Gasteiger partial charge >= 0.3 is 0 Å². The predicted octanol–water partition coefficient (Wildman–Crippen LogP) is 4.81. The quantitative estimate of drug-likeness (QED) is 0.684. The summed E-state index contributed by atoms with van der Waals surface area (Å²) in [5, 5.41) is 9.04. The lowest BCUT2D eigenvalue weighted by Gasteiger charge is -2.36. The topological polar surface area (TPSA) is 44.1 Å². The average molecular weight is 302 g/mol. The highest BCUT2D eigenvalue weighted by molar-refractivity contribution is 5.93. The minimum atomic E-state index is 0.101. The van der Waals surface area contributed by atoms with Gasteiger partial charge in [0.2, 0.25) is 0 Å². The molecule has 0 unspecified atom stereocenters. The third kappa shape index (κ3) is 5.02. The van der Waals surface area contributed by atoms with Gasteiger partial charge in [-0.1, -0.05) is 27.4 Å². The third-order valence-electron chi connectivity index (χ3n) is 4.26. The average Bonchev–Trinajstić information content (AvgIpc) is 2.42. The van der Waals surface area contributed by atoms with E-state index in [1.807, 2.05) is 0 Å². The largest absolute Gasteiger partial charge is 0.343 e. The molecule has 122 valence electrons. The molecule has 1 aliphatic rings. The third-order valence-corrected chi connectivity index (χ3v) is 4.26. The molecule has 1 saturated carbocycles. The molecule has 0 spiro atoms. The number of carbonyl (C=O) groups is 1. The second-order valence-electron chi connectivity index (χ2n) is 7.65. The fourth-order valence-corrected chi connectivity index (χ4v) is 3.49. The van der Waals surface area contributed by atoms with Crippen molar-refractivity contribution in [1.29, 1.82) is 5.26 Å². The SMILES string of the molecule is C=CN(/C(C(C)=O)=C(\C)CC(C)(C)C)C1CCC(C#N)CC1. The summed E-state index contributed by atoms with van der Waals surface area (Å²) in [6, 6.07) is 2.65. The first-order valence-corrected chi connectivity index (χ1v) is 8.20. The molecule has 0 heterocycles. The highest BCUT2D eigenvalue weighted by atomic mass is 16.1. The summed E-state index contributed by atoms with van der Waals surface area (Å²) in [6.45, 7) is 14.2. The van der Waals surface area contributed by atoms with Gasteiger partial charge in [0, 0.05) is 18.9 Å². The Balaban J connectivity index is 3.02. The van der Waals surface area contributed by atoms with Gasteiger partial charge in [0.15, 0.2) is 5.78 Å². The number of hydrogen-bond acceptors (Lipinski definition) is 3. The van der Waals surface area contributed by atoms with Crippen molar-refractivity contribution in [3.63, 3.8) is 0 Å². The molecule has 0 aromatic carbocycles. The molecule has 0 aliphatic heterocycles. The highest BCUT2D eigenvalue weighted by Crippen LogP contribution is 2.33. The van der Waals surface area contributed by atoms with E-state index >= 15 is 0 Å². The first-order valence-electron chi connectivity index (χ1n) is 8.20. The van der Waals surface area contributed by atoms with Crippen LogP contribution >= 0.6 is 0 Å². The fraction of sp³-hybridized carbons (Fsp3) is 0.684. The van der Waals surface area contributed by atoms with Crippen LogP contribution in [0.3, 0.4) is 0 Å². The van der Waals surface area contributed by atoms with Crippen molar-refractivity contribution < 1.29 is 4.79 Å². The molecular weight excluding hydrogens is 272 g/mol. The number of allylic oxidation sites excluding steroid dienone is 2. The van der Waals surface area contributed by atoms with Crippen LogP contribution < -0.4 is 0 Å². The van der Waals surface area contributed by atoms with Crippen molar-refractivity contribution in [2.24, 2.45) is 11.3 Å². The second-order valence-corrected chi connectivity index (χ2v) is 7.65. The van der Waals surface area contributed by atoms with Gasteiger partial charge in [0.1, 0.15) is 0 Å². The summed E-state index contributed by atoms with van der Waals surface area (Å²) in [6.07, 6.45) is 6.40. The Labute approximate surface area is 135 Å². The number of Topliss-reactive ketones (excluding diaryl/α,β-unsaturated/α-hetero) is 1. The molecule has 3 nitrogen and oxygen atoms in total. The number of ketones is 1. The fourth-order valence-electron chi connectivity index (χ4n) is 3.49. The molecule has 0 bridgehead atoms. The van der Waals surface area contributed by atoms with Gasteiger partial charge in [-0.3, -0.25) is 4.79 Å². The van der Waals surface area contributed by atoms with E-state index < -0.39 is 0 Å². The van der Waals surface area contributed by atoms with Crippen LogP contribution in [0.5, 0.6) is 0 Å². The van der Waals surface area contributed by atoms with Crippen molar-refractivity contribution >= 4 is 5.78 Å². The summed E-state index contributed by atoms with van der Waals surface area (Å²) in [7, 11) is 0. The number of nitrogens with zero attached hydrogens (tertiary/aromatic N) is 2. The molecule has 0 aromatic heterocycles. The summed E-state index contributed by atoms with van der Waals surface area (Å²) in [5.74, 6) is 0.271. The van der Waals surface area contributed by atoms with Crippen LogP contribution in [0, 0.1) is 22.7 Å². The van der Waals surface area contributed by atoms with Crippen molar-refractivity contribution in [3.05, 3.63) is 24.0 Å². The maximum atomic E-state index is 12.2. The molecule has 3 heteroatoms. The van der Waals surface area contributed by atoms with Gasteiger partial charge in [-0.15, -0.1) is 0 Å².